The van der Waals surface area contributed by atoms with E-state index in [1.165, 1.54) is 12.1 Å². The standard InChI is InChI=1S/C33H35FN2O5/c1-21(2)31-30(33(41)35-25-11-7-4-8-12-25)29(22-13-15-24(34)16-14-22)32(23-9-5-3-6-10-23)36(31)18-17-26(37)19-27(38)20-28(39)40/h3-16,21,26-27,37-38H,17-20H2,1-2H3,(H,35,41)(H,39,40). The molecule has 0 aliphatic carbocycles. The lowest BCUT2D eigenvalue weighted by molar-refractivity contribution is -0.139. The fraction of sp³-hybridized carbons (Fsp3) is 0.273. The number of carbonyl (C=O) groups is 2. The van der Waals surface area contributed by atoms with Gasteiger partial charge in [0.2, 0.25) is 0 Å². The van der Waals surface area contributed by atoms with Gasteiger partial charge in [0.05, 0.1) is 29.9 Å². The van der Waals surface area contributed by atoms with Gasteiger partial charge >= 0.3 is 5.97 Å². The second-order valence-corrected chi connectivity index (χ2v) is 10.4. The van der Waals surface area contributed by atoms with Crippen LogP contribution in [0.4, 0.5) is 10.1 Å². The number of aliphatic hydroxyl groups excluding tert-OH is 2. The average Bonchev–Trinajstić information content (AvgIpc) is 3.28. The van der Waals surface area contributed by atoms with Gasteiger partial charge in [-0.25, -0.2) is 4.39 Å². The zero-order valence-electron chi connectivity index (χ0n) is 23.1. The van der Waals surface area contributed by atoms with Crippen LogP contribution in [0.3, 0.4) is 0 Å². The number of rotatable bonds is 12. The average molecular weight is 559 g/mol. The molecule has 2 unspecified atom stereocenters. The van der Waals surface area contributed by atoms with Gasteiger partial charge in [-0.2, -0.15) is 0 Å². The number of para-hydroxylation sites is 1. The molecule has 41 heavy (non-hydrogen) atoms. The van der Waals surface area contributed by atoms with Crippen LogP contribution in [0.25, 0.3) is 22.4 Å². The third-order valence-electron chi connectivity index (χ3n) is 6.93. The van der Waals surface area contributed by atoms with Crippen molar-refractivity contribution >= 4 is 17.6 Å². The number of amides is 1. The van der Waals surface area contributed by atoms with Crippen LogP contribution in [-0.4, -0.2) is 44.0 Å². The maximum atomic E-state index is 14.0. The van der Waals surface area contributed by atoms with Crippen LogP contribution in [-0.2, 0) is 11.3 Å². The normalized spacial score (nSPS) is 12.7. The van der Waals surface area contributed by atoms with E-state index in [-0.39, 0.29) is 24.7 Å². The minimum Gasteiger partial charge on any atom is -0.481 e. The minimum atomic E-state index is -1.17. The Morgan fingerprint density at radius 3 is 2.05 bits per heavy atom. The molecule has 0 aliphatic rings. The molecule has 0 bridgehead atoms. The Labute approximate surface area is 238 Å². The zero-order valence-corrected chi connectivity index (χ0v) is 23.1. The number of aromatic nitrogens is 1. The number of aliphatic carboxylic acids is 1. The number of halogens is 1. The monoisotopic (exact) mass is 558 g/mol. The van der Waals surface area contributed by atoms with E-state index in [0.29, 0.717) is 28.9 Å². The Bertz CT molecular complexity index is 1470. The molecule has 3 aromatic carbocycles. The summed E-state index contributed by atoms with van der Waals surface area (Å²) < 4.78 is 16.0. The summed E-state index contributed by atoms with van der Waals surface area (Å²) in [5.74, 6) is -1.95. The van der Waals surface area contributed by atoms with Crippen molar-refractivity contribution < 1.29 is 29.3 Å². The highest BCUT2D eigenvalue weighted by molar-refractivity contribution is 6.12. The van der Waals surface area contributed by atoms with Crippen LogP contribution in [0.15, 0.2) is 84.9 Å². The van der Waals surface area contributed by atoms with Gasteiger partial charge in [0.15, 0.2) is 0 Å². The van der Waals surface area contributed by atoms with Crippen molar-refractivity contribution in [3.8, 4) is 22.4 Å². The molecule has 0 saturated heterocycles. The quantitative estimate of drug-likeness (QED) is 0.163. The van der Waals surface area contributed by atoms with Crippen molar-refractivity contribution in [1.82, 2.24) is 4.57 Å². The van der Waals surface area contributed by atoms with E-state index in [0.717, 1.165) is 17.0 Å². The smallest absolute Gasteiger partial charge is 0.305 e. The predicted octanol–water partition coefficient (Wildman–Crippen LogP) is 6.31. The molecule has 8 heteroatoms. The predicted molar refractivity (Wildman–Crippen MR) is 157 cm³/mol. The lowest BCUT2D eigenvalue weighted by atomic mass is 9.94. The van der Waals surface area contributed by atoms with E-state index < -0.39 is 30.4 Å². The maximum Gasteiger partial charge on any atom is 0.305 e. The van der Waals surface area contributed by atoms with E-state index >= 15 is 0 Å². The summed E-state index contributed by atoms with van der Waals surface area (Å²) in [7, 11) is 0. The van der Waals surface area contributed by atoms with Gasteiger partial charge in [-0.3, -0.25) is 9.59 Å². The topological polar surface area (TPSA) is 112 Å². The number of nitrogens with zero attached hydrogens (tertiary/aromatic N) is 1. The molecule has 2 atom stereocenters. The molecule has 1 heterocycles. The number of benzene rings is 3. The van der Waals surface area contributed by atoms with Crippen LogP contribution in [0.2, 0.25) is 0 Å². The van der Waals surface area contributed by atoms with Gasteiger partial charge in [-0.05, 0) is 54.2 Å². The maximum absolute atomic E-state index is 14.0. The number of carboxylic acid groups (broad SMARTS) is 1. The SMILES string of the molecule is CC(C)c1c(C(=O)Nc2ccccc2)c(-c2ccc(F)cc2)c(-c2ccccc2)n1CCC(O)CC(O)CC(=O)O. The molecule has 7 nitrogen and oxygen atoms in total. The van der Waals surface area contributed by atoms with Gasteiger partial charge in [-0.1, -0.05) is 74.5 Å². The highest BCUT2D eigenvalue weighted by Gasteiger charge is 2.31. The molecule has 0 saturated carbocycles. The Hall–Kier alpha value is -4.27. The number of hydrogen-bond acceptors (Lipinski definition) is 4. The van der Waals surface area contributed by atoms with Gasteiger partial charge < -0.3 is 25.2 Å². The van der Waals surface area contributed by atoms with Crippen LogP contribution < -0.4 is 5.32 Å². The first-order chi connectivity index (χ1) is 19.7. The first-order valence-electron chi connectivity index (χ1n) is 13.7. The van der Waals surface area contributed by atoms with Crippen LogP contribution in [0.1, 0.15) is 55.1 Å². The molecule has 1 aromatic heterocycles. The summed E-state index contributed by atoms with van der Waals surface area (Å²) in [6, 6.07) is 24.8. The molecule has 0 aliphatic heterocycles. The van der Waals surface area contributed by atoms with E-state index in [4.69, 9.17) is 5.11 Å². The first kappa shape index (κ1) is 29.7. The van der Waals surface area contributed by atoms with Crippen molar-refractivity contribution in [1.29, 1.82) is 0 Å². The Kier molecular flexibility index (Phi) is 9.70. The second kappa shape index (κ2) is 13.4. The fourth-order valence-corrected chi connectivity index (χ4v) is 5.20. The fourth-order valence-electron chi connectivity index (χ4n) is 5.20. The number of carboxylic acids is 1. The summed E-state index contributed by atoms with van der Waals surface area (Å²) in [6.45, 7) is 4.27. The van der Waals surface area contributed by atoms with Gasteiger partial charge in [0.25, 0.3) is 5.91 Å². The molecular formula is C33H35FN2O5. The summed E-state index contributed by atoms with van der Waals surface area (Å²) >= 11 is 0. The second-order valence-electron chi connectivity index (χ2n) is 10.4. The van der Waals surface area contributed by atoms with E-state index in [2.05, 4.69) is 5.32 Å². The number of hydrogen-bond donors (Lipinski definition) is 4. The van der Waals surface area contributed by atoms with Crippen molar-refractivity contribution in [3.05, 3.63) is 102 Å². The summed E-state index contributed by atoms with van der Waals surface area (Å²) in [5.41, 5.74) is 4.74. The Morgan fingerprint density at radius 1 is 0.854 bits per heavy atom. The number of carbonyl (C=O) groups excluding carboxylic acids is 1. The molecule has 4 aromatic rings. The van der Waals surface area contributed by atoms with Crippen molar-refractivity contribution in [3.63, 3.8) is 0 Å². The largest absolute Gasteiger partial charge is 0.481 e. The number of anilines is 1. The highest BCUT2D eigenvalue weighted by Crippen LogP contribution is 2.42. The van der Waals surface area contributed by atoms with E-state index in [1.54, 1.807) is 24.3 Å². The Balaban J connectivity index is 1.89. The lowest BCUT2D eigenvalue weighted by Crippen LogP contribution is -2.22. The molecule has 0 radical (unpaired) electrons. The van der Waals surface area contributed by atoms with Gasteiger partial charge in [0, 0.05) is 23.5 Å². The van der Waals surface area contributed by atoms with Crippen molar-refractivity contribution in [2.75, 3.05) is 5.32 Å². The molecule has 4 N–H and O–H groups in total. The van der Waals surface area contributed by atoms with Crippen molar-refractivity contribution in [2.45, 2.75) is 57.8 Å². The first-order valence-corrected chi connectivity index (χ1v) is 13.7. The van der Waals surface area contributed by atoms with E-state index in [9.17, 15) is 24.2 Å². The number of aliphatic hydroxyl groups is 2. The third kappa shape index (κ3) is 7.28. The summed E-state index contributed by atoms with van der Waals surface area (Å²) in [6.07, 6.45) is -2.46. The van der Waals surface area contributed by atoms with E-state index in [1.807, 2.05) is 66.9 Å². The molecule has 4 rings (SSSR count). The van der Waals surface area contributed by atoms with Crippen LogP contribution in [0, 0.1) is 5.82 Å². The molecule has 0 fully saturated rings. The summed E-state index contributed by atoms with van der Waals surface area (Å²) in [4.78, 5) is 25.0. The third-order valence-corrected chi connectivity index (χ3v) is 6.93. The molecule has 214 valence electrons. The molecule has 1 amide bonds. The molecular weight excluding hydrogens is 523 g/mol. The highest BCUT2D eigenvalue weighted by atomic mass is 19.1. The minimum absolute atomic E-state index is 0.0859. The van der Waals surface area contributed by atoms with Gasteiger partial charge in [0.1, 0.15) is 5.82 Å². The van der Waals surface area contributed by atoms with Crippen LogP contribution >= 0.6 is 0 Å². The Morgan fingerprint density at radius 2 is 1.46 bits per heavy atom. The number of nitrogens with one attached hydrogen (secondary N) is 1. The van der Waals surface area contributed by atoms with Crippen molar-refractivity contribution in [2.24, 2.45) is 0 Å². The lowest BCUT2D eigenvalue weighted by Gasteiger charge is -2.20. The van der Waals surface area contributed by atoms with Gasteiger partial charge in [-0.15, -0.1) is 0 Å². The van der Waals surface area contributed by atoms with Crippen LogP contribution in [0.5, 0.6) is 0 Å². The summed E-state index contributed by atoms with van der Waals surface area (Å²) in [5, 5.41) is 32.8. The molecule has 0 spiro atoms. The zero-order chi connectivity index (χ0) is 29.5.